The second-order valence-electron chi connectivity index (χ2n) is 3.08. The molecule has 12 heavy (non-hydrogen) atoms. The number of hydrogen-bond donors (Lipinski definition) is 0. The maximum absolute atomic E-state index is 11.0. The van der Waals surface area contributed by atoms with Crippen LogP contribution in [0.1, 0.15) is 19.8 Å². The van der Waals surface area contributed by atoms with E-state index in [2.05, 4.69) is 6.58 Å². The van der Waals surface area contributed by atoms with Crippen molar-refractivity contribution in [2.75, 3.05) is 7.11 Å². The lowest BCUT2D eigenvalue weighted by atomic mass is 9.92. The van der Waals surface area contributed by atoms with Gasteiger partial charge in [0.15, 0.2) is 0 Å². The molecule has 0 heterocycles. The molecular formula is C9H14O3. The van der Waals surface area contributed by atoms with Gasteiger partial charge in [0.05, 0.1) is 6.10 Å². The molecule has 0 aromatic carbocycles. The number of rotatable bonds is 3. The minimum Gasteiger partial charge on any atom is -0.456 e. The van der Waals surface area contributed by atoms with Crippen molar-refractivity contribution in [2.24, 2.45) is 0 Å². The van der Waals surface area contributed by atoms with Gasteiger partial charge >= 0.3 is 5.97 Å². The molecule has 3 heteroatoms. The molecule has 0 aromatic heterocycles. The molecule has 1 fully saturated rings. The summed E-state index contributed by atoms with van der Waals surface area (Å²) in [5.41, 5.74) is 0.441. The van der Waals surface area contributed by atoms with E-state index in [4.69, 9.17) is 9.47 Å². The SMILES string of the molecule is C=C(C)C(=O)OC1CCC1OC. The zero-order valence-corrected chi connectivity index (χ0v) is 7.50. The van der Waals surface area contributed by atoms with Crippen LogP contribution >= 0.6 is 0 Å². The third-order valence-corrected chi connectivity index (χ3v) is 2.06. The molecule has 0 aromatic rings. The van der Waals surface area contributed by atoms with E-state index < -0.39 is 0 Å². The molecule has 1 aliphatic rings. The highest BCUT2D eigenvalue weighted by Gasteiger charge is 2.34. The number of carbonyl (C=O) groups excluding carboxylic acids is 1. The Bertz CT molecular complexity index is 196. The minimum absolute atomic E-state index is 0.0563. The molecule has 2 unspecified atom stereocenters. The van der Waals surface area contributed by atoms with Crippen LogP contribution in [0.25, 0.3) is 0 Å². The molecule has 1 rings (SSSR count). The molecule has 0 N–H and O–H groups in total. The molecule has 0 radical (unpaired) electrons. The molecular weight excluding hydrogens is 156 g/mol. The first-order valence-electron chi connectivity index (χ1n) is 4.04. The topological polar surface area (TPSA) is 35.5 Å². The van der Waals surface area contributed by atoms with Gasteiger partial charge in [0.25, 0.3) is 0 Å². The van der Waals surface area contributed by atoms with Gasteiger partial charge in [-0.15, -0.1) is 0 Å². The van der Waals surface area contributed by atoms with Crippen LogP contribution in [0.2, 0.25) is 0 Å². The van der Waals surface area contributed by atoms with Gasteiger partial charge in [0.1, 0.15) is 6.10 Å². The first kappa shape index (κ1) is 9.26. The lowest BCUT2D eigenvalue weighted by Crippen LogP contribution is -2.41. The molecule has 0 bridgehead atoms. The van der Waals surface area contributed by atoms with Gasteiger partial charge in [0, 0.05) is 12.7 Å². The van der Waals surface area contributed by atoms with Crippen molar-refractivity contribution in [3.8, 4) is 0 Å². The molecule has 0 aliphatic heterocycles. The fourth-order valence-electron chi connectivity index (χ4n) is 1.08. The molecule has 68 valence electrons. The predicted molar refractivity (Wildman–Crippen MR) is 44.7 cm³/mol. The van der Waals surface area contributed by atoms with E-state index >= 15 is 0 Å². The van der Waals surface area contributed by atoms with Crippen molar-refractivity contribution in [1.29, 1.82) is 0 Å². The summed E-state index contributed by atoms with van der Waals surface area (Å²) in [4.78, 5) is 11.0. The average molecular weight is 170 g/mol. The van der Waals surface area contributed by atoms with Gasteiger partial charge in [-0.2, -0.15) is 0 Å². The van der Waals surface area contributed by atoms with Crippen molar-refractivity contribution < 1.29 is 14.3 Å². The molecule has 3 nitrogen and oxygen atoms in total. The Morgan fingerprint density at radius 3 is 2.33 bits per heavy atom. The molecule has 0 spiro atoms. The quantitative estimate of drug-likeness (QED) is 0.473. The van der Waals surface area contributed by atoms with Crippen molar-refractivity contribution in [3.05, 3.63) is 12.2 Å². The summed E-state index contributed by atoms with van der Waals surface area (Å²) in [6, 6.07) is 0. The fourth-order valence-corrected chi connectivity index (χ4v) is 1.08. The number of carbonyl (C=O) groups is 1. The van der Waals surface area contributed by atoms with Gasteiger partial charge in [-0.25, -0.2) is 4.79 Å². The Kier molecular flexibility index (Phi) is 2.87. The lowest BCUT2D eigenvalue weighted by molar-refractivity contribution is -0.162. The van der Waals surface area contributed by atoms with Gasteiger partial charge < -0.3 is 9.47 Å². The monoisotopic (exact) mass is 170 g/mol. The first-order valence-corrected chi connectivity index (χ1v) is 4.04. The van der Waals surface area contributed by atoms with Crippen LogP contribution in [0.5, 0.6) is 0 Å². The van der Waals surface area contributed by atoms with Crippen LogP contribution in [-0.4, -0.2) is 25.3 Å². The average Bonchev–Trinajstić information content (AvgIpc) is 1.98. The van der Waals surface area contributed by atoms with E-state index in [0.717, 1.165) is 12.8 Å². The second-order valence-corrected chi connectivity index (χ2v) is 3.08. The maximum atomic E-state index is 11.0. The van der Waals surface area contributed by atoms with E-state index in [0.29, 0.717) is 5.57 Å². The highest BCUT2D eigenvalue weighted by molar-refractivity contribution is 5.87. The van der Waals surface area contributed by atoms with Gasteiger partial charge in [-0.05, 0) is 19.8 Å². The summed E-state index contributed by atoms with van der Waals surface area (Å²) in [6.45, 7) is 5.14. The fraction of sp³-hybridized carbons (Fsp3) is 0.667. The number of esters is 1. The van der Waals surface area contributed by atoms with Crippen LogP contribution in [-0.2, 0) is 14.3 Å². The Morgan fingerprint density at radius 1 is 1.42 bits per heavy atom. The van der Waals surface area contributed by atoms with Gasteiger partial charge in [0.2, 0.25) is 0 Å². The van der Waals surface area contributed by atoms with Gasteiger partial charge in [-0.1, -0.05) is 6.58 Å². The van der Waals surface area contributed by atoms with Crippen LogP contribution in [0, 0.1) is 0 Å². The number of methoxy groups -OCH3 is 1. The predicted octanol–water partition coefficient (Wildman–Crippen LogP) is 1.28. The normalized spacial score (nSPS) is 27.5. The molecule has 2 atom stereocenters. The van der Waals surface area contributed by atoms with E-state index in [1.807, 2.05) is 0 Å². The summed E-state index contributed by atoms with van der Waals surface area (Å²) in [5.74, 6) is -0.318. The Hall–Kier alpha value is -0.830. The molecule has 0 saturated heterocycles. The molecule has 1 saturated carbocycles. The lowest BCUT2D eigenvalue weighted by Gasteiger charge is -2.34. The Balaban J connectivity index is 2.32. The highest BCUT2D eigenvalue weighted by Crippen LogP contribution is 2.26. The number of ether oxygens (including phenoxy) is 2. The van der Waals surface area contributed by atoms with Crippen molar-refractivity contribution in [3.63, 3.8) is 0 Å². The minimum atomic E-state index is -0.318. The largest absolute Gasteiger partial charge is 0.456 e. The molecule has 0 amide bonds. The zero-order chi connectivity index (χ0) is 9.14. The second kappa shape index (κ2) is 3.72. The van der Waals surface area contributed by atoms with Crippen LogP contribution in [0.4, 0.5) is 0 Å². The third kappa shape index (κ3) is 1.85. The first-order chi connectivity index (χ1) is 5.65. The summed E-state index contributed by atoms with van der Waals surface area (Å²) in [6.07, 6.45) is 1.91. The standard InChI is InChI=1S/C9H14O3/c1-6(2)9(10)12-8-5-4-7(8)11-3/h7-8H,1,4-5H2,2-3H3. The van der Waals surface area contributed by atoms with E-state index in [-0.39, 0.29) is 18.2 Å². The summed E-state index contributed by atoms with van der Waals surface area (Å²) in [7, 11) is 1.63. The van der Waals surface area contributed by atoms with Crippen LogP contribution in [0.3, 0.4) is 0 Å². The highest BCUT2D eigenvalue weighted by atomic mass is 16.6. The summed E-state index contributed by atoms with van der Waals surface area (Å²) in [5, 5.41) is 0. The maximum Gasteiger partial charge on any atom is 0.333 e. The molecule has 1 aliphatic carbocycles. The number of hydrogen-bond acceptors (Lipinski definition) is 3. The van der Waals surface area contributed by atoms with Crippen molar-refractivity contribution in [2.45, 2.75) is 32.0 Å². The van der Waals surface area contributed by atoms with E-state index in [1.165, 1.54) is 0 Å². The van der Waals surface area contributed by atoms with Crippen LogP contribution < -0.4 is 0 Å². The van der Waals surface area contributed by atoms with Crippen molar-refractivity contribution >= 4 is 5.97 Å². The van der Waals surface area contributed by atoms with Crippen LogP contribution in [0.15, 0.2) is 12.2 Å². The van der Waals surface area contributed by atoms with Gasteiger partial charge in [-0.3, -0.25) is 0 Å². The smallest absolute Gasteiger partial charge is 0.333 e. The van der Waals surface area contributed by atoms with E-state index in [9.17, 15) is 4.79 Å². The Morgan fingerprint density at radius 2 is 2.00 bits per heavy atom. The summed E-state index contributed by atoms with van der Waals surface area (Å²) >= 11 is 0. The van der Waals surface area contributed by atoms with Crippen molar-refractivity contribution in [1.82, 2.24) is 0 Å². The Labute approximate surface area is 72.4 Å². The third-order valence-electron chi connectivity index (χ3n) is 2.06. The zero-order valence-electron chi connectivity index (χ0n) is 7.50. The summed E-state index contributed by atoms with van der Waals surface area (Å²) < 4.78 is 10.2. The van der Waals surface area contributed by atoms with E-state index in [1.54, 1.807) is 14.0 Å².